The quantitative estimate of drug-likeness (QED) is 0.250. The smallest absolute Gasteiger partial charge is 0.333 e. The Morgan fingerprint density at radius 3 is 2.39 bits per heavy atom. The van der Waals surface area contributed by atoms with Crippen molar-refractivity contribution in [2.24, 2.45) is 5.92 Å². The summed E-state index contributed by atoms with van der Waals surface area (Å²) in [6.45, 7) is 6.19. The first-order valence-electron chi connectivity index (χ1n) is 8.85. The number of aromatic nitrogens is 2. The molecule has 0 amide bonds. The lowest BCUT2D eigenvalue weighted by molar-refractivity contribution is -0.135. The topological polar surface area (TPSA) is 70.5 Å². The van der Waals surface area contributed by atoms with E-state index >= 15 is 0 Å². The molecule has 0 spiro atoms. The van der Waals surface area contributed by atoms with Gasteiger partial charge in [0, 0.05) is 29.7 Å². The largest absolute Gasteiger partial charge is 0.500 e. The summed E-state index contributed by atoms with van der Waals surface area (Å²) >= 11 is 3.22. The third kappa shape index (κ3) is 5.73. The fourth-order valence-corrected chi connectivity index (χ4v) is 4.13. The average molecular weight is 426 g/mol. The van der Waals surface area contributed by atoms with E-state index in [4.69, 9.17) is 9.47 Å². The minimum atomic E-state index is -0.462. The maximum Gasteiger partial charge on any atom is 0.333 e. The maximum atomic E-state index is 11.5. The fraction of sp³-hybridized carbons (Fsp3) is 0.450. The van der Waals surface area contributed by atoms with Crippen LogP contribution in [0.1, 0.15) is 37.4 Å². The van der Waals surface area contributed by atoms with Crippen LogP contribution in [0.4, 0.5) is 0 Å². The molecule has 0 aliphatic heterocycles. The molecule has 0 aromatic carbocycles. The summed E-state index contributed by atoms with van der Waals surface area (Å²) < 4.78 is 15.6. The molecule has 0 bridgehead atoms. The maximum absolute atomic E-state index is 11.5. The zero-order valence-electron chi connectivity index (χ0n) is 17.0. The highest BCUT2D eigenvalue weighted by Crippen LogP contribution is 2.29. The van der Waals surface area contributed by atoms with E-state index in [1.807, 2.05) is 29.8 Å². The van der Waals surface area contributed by atoms with Crippen LogP contribution in [0.2, 0.25) is 0 Å². The Bertz CT molecular complexity index is 839. The Morgan fingerprint density at radius 2 is 1.82 bits per heavy atom. The molecule has 2 rings (SSSR count). The van der Waals surface area contributed by atoms with Gasteiger partial charge in [-0.1, -0.05) is 26.8 Å². The number of ether oxygens (including phenoxy) is 3. The van der Waals surface area contributed by atoms with Gasteiger partial charge < -0.3 is 14.2 Å². The van der Waals surface area contributed by atoms with Gasteiger partial charge in [0.1, 0.15) is 16.5 Å². The third-order valence-corrected chi connectivity index (χ3v) is 6.15. The van der Waals surface area contributed by atoms with Crippen LogP contribution in [0.25, 0.3) is 16.8 Å². The van der Waals surface area contributed by atoms with Gasteiger partial charge in [-0.2, -0.15) is 0 Å². The van der Waals surface area contributed by atoms with E-state index in [0.29, 0.717) is 11.7 Å². The molecule has 6 nitrogen and oxygen atoms in total. The molecule has 2 atom stereocenters. The second-order valence-electron chi connectivity index (χ2n) is 6.43. The van der Waals surface area contributed by atoms with Crippen LogP contribution in [0.3, 0.4) is 0 Å². The van der Waals surface area contributed by atoms with Gasteiger partial charge in [-0.3, -0.25) is 0 Å². The van der Waals surface area contributed by atoms with Crippen LogP contribution in [0.5, 0.6) is 0 Å². The summed E-state index contributed by atoms with van der Waals surface area (Å²) in [5, 5.41) is 6.04. The molecule has 2 unspecified atom stereocenters. The van der Waals surface area contributed by atoms with E-state index in [-0.39, 0.29) is 12.0 Å². The van der Waals surface area contributed by atoms with Crippen molar-refractivity contribution >= 4 is 34.7 Å². The van der Waals surface area contributed by atoms with E-state index in [2.05, 4.69) is 28.6 Å². The first-order chi connectivity index (χ1) is 13.4. The summed E-state index contributed by atoms with van der Waals surface area (Å²) in [5.74, 6) is 0.271. The van der Waals surface area contributed by atoms with Crippen molar-refractivity contribution in [3.63, 3.8) is 0 Å². The predicted octanol–water partition coefficient (Wildman–Crippen LogP) is 4.76. The van der Waals surface area contributed by atoms with Crippen molar-refractivity contribution in [2.75, 3.05) is 21.3 Å². The first kappa shape index (κ1) is 22.3. The van der Waals surface area contributed by atoms with Gasteiger partial charge in [-0.25, -0.2) is 14.8 Å². The lowest BCUT2D eigenvalue weighted by Crippen LogP contribution is -2.21. The Labute approximate surface area is 173 Å². The van der Waals surface area contributed by atoms with Gasteiger partial charge >= 0.3 is 5.97 Å². The summed E-state index contributed by atoms with van der Waals surface area (Å²) in [6.07, 6.45) is 4.87. The van der Waals surface area contributed by atoms with E-state index in [1.54, 1.807) is 29.8 Å². The highest BCUT2D eigenvalue weighted by atomic mass is 32.1. The summed E-state index contributed by atoms with van der Waals surface area (Å²) in [7, 11) is 4.47. The second kappa shape index (κ2) is 10.5. The number of esters is 1. The molecule has 0 saturated carbocycles. The Morgan fingerprint density at radius 1 is 1.07 bits per heavy atom. The summed E-state index contributed by atoms with van der Waals surface area (Å²) in [6, 6.07) is 0. The van der Waals surface area contributed by atoms with E-state index in [1.165, 1.54) is 20.3 Å². The van der Waals surface area contributed by atoms with E-state index in [0.717, 1.165) is 21.4 Å². The molecule has 0 saturated heterocycles. The third-order valence-electron chi connectivity index (χ3n) is 4.12. The Hall–Kier alpha value is -2.03. The molecule has 2 aromatic heterocycles. The number of thiazole rings is 2. The van der Waals surface area contributed by atoms with Crippen molar-refractivity contribution in [3.05, 3.63) is 39.4 Å². The molecule has 8 heteroatoms. The second-order valence-corrected chi connectivity index (χ2v) is 8.17. The van der Waals surface area contributed by atoms with Crippen LogP contribution < -0.4 is 0 Å². The van der Waals surface area contributed by atoms with Gasteiger partial charge in [0.15, 0.2) is 0 Å². The number of methoxy groups -OCH3 is 3. The standard InChI is InChI=1S/C20H26N2O4S2/c1-12(2)19-22-15(11-28-19)20-21-14(10-27-20)7-8-16(24-4)13(3)17(25-5)9-18(23)26-6/h7-13,16H,1-6H3/b8-7+,17-9+/i4+1,5+1,6+1. The number of hydrogen-bond donors (Lipinski definition) is 0. The highest BCUT2D eigenvalue weighted by molar-refractivity contribution is 7.14. The van der Waals surface area contributed by atoms with Crippen LogP contribution >= 0.6 is 22.7 Å². The molecule has 0 aliphatic rings. The van der Waals surface area contributed by atoms with Gasteiger partial charge in [-0.15, -0.1) is 22.7 Å². The van der Waals surface area contributed by atoms with Crippen LogP contribution in [0.15, 0.2) is 28.7 Å². The molecule has 0 N–H and O–H groups in total. The zero-order valence-corrected chi connectivity index (χ0v) is 18.6. The Kier molecular flexibility index (Phi) is 8.35. The minimum absolute atomic E-state index is 0.171. The zero-order chi connectivity index (χ0) is 20.7. The van der Waals surface area contributed by atoms with Gasteiger partial charge in [-0.05, 0) is 6.08 Å². The number of carbonyl (C=O) groups is 1. The van der Waals surface area contributed by atoms with E-state index < -0.39 is 5.97 Å². The summed E-state index contributed by atoms with van der Waals surface area (Å²) in [4.78, 5) is 20.8. The normalized spacial score (nSPS) is 14.5. The molecule has 0 radical (unpaired) electrons. The number of rotatable bonds is 9. The predicted molar refractivity (Wildman–Crippen MR) is 113 cm³/mol. The number of nitrogens with zero attached hydrogens (tertiary/aromatic N) is 2. The molecule has 0 fully saturated rings. The van der Waals surface area contributed by atoms with Crippen molar-refractivity contribution < 1.29 is 19.0 Å². The SMILES string of the molecule is CC(C)c1nc(-c2nc(/C=C/C(O[13CH3])C(C)/C(=C\C(=O)O[13CH3])O[13CH3])cs2)cs1. The molecule has 28 heavy (non-hydrogen) atoms. The fourth-order valence-electron chi connectivity index (χ4n) is 2.49. The molecule has 2 heterocycles. The van der Waals surface area contributed by atoms with Crippen molar-refractivity contribution in [3.8, 4) is 10.7 Å². The molecule has 0 aliphatic carbocycles. The molecular weight excluding hydrogens is 399 g/mol. The minimum Gasteiger partial charge on any atom is -0.500 e. The van der Waals surface area contributed by atoms with Crippen molar-refractivity contribution in [1.82, 2.24) is 9.97 Å². The van der Waals surface area contributed by atoms with Gasteiger partial charge in [0.25, 0.3) is 0 Å². The van der Waals surface area contributed by atoms with Gasteiger partial charge in [0.2, 0.25) is 0 Å². The van der Waals surface area contributed by atoms with Crippen LogP contribution in [-0.2, 0) is 19.0 Å². The first-order valence-corrected chi connectivity index (χ1v) is 10.6. The molecule has 152 valence electrons. The number of hydrogen-bond acceptors (Lipinski definition) is 8. The van der Waals surface area contributed by atoms with Crippen molar-refractivity contribution in [2.45, 2.75) is 32.8 Å². The van der Waals surface area contributed by atoms with E-state index in [9.17, 15) is 4.79 Å². The summed E-state index contributed by atoms with van der Waals surface area (Å²) in [5.41, 5.74) is 1.75. The van der Waals surface area contributed by atoms with Gasteiger partial charge in [0.05, 0.1) is 37.1 Å². The van der Waals surface area contributed by atoms with Crippen molar-refractivity contribution in [1.29, 1.82) is 0 Å². The monoisotopic (exact) mass is 425 g/mol. The molecular formula is C20H26N2O4S2. The Balaban J connectivity index is 2.13. The van der Waals surface area contributed by atoms with Crippen LogP contribution in [0, 0.1) is 5.92 Å². The number of carbonyl (C=O) groups excluding carboxylic acids is 1. The highest BCUT2D eigenvalue weighted by Gasteiger charge is 2.20. The molecule has 2 aromatic rings. The van der Waals surface area contributed by atoms with Crippen LogP contribution in [-0.4, -0.2) is 43.4 Å². The average Bonchev–Trinajstić information content (AvgIpc) is 3.35. The lowest BCUT2D eigenvalue weighted by Gasteiger charge is -2.21. The lowest BCUT2D eigenvalue weighted by atomic mass is 10.0.